The van der Waals surface area contributed by atoms with Crippen LogP contribution >= 0.6 is 11.6 Å². The molecule has 6 rings (SSSR count). The molecule has 0 aliphatic heterocycles. The summed E-state index contributed by atoms with van der Waals surface area (Å²) in [6, 6.07) is 28.3. The number of hydrogen-bond acceptors (Lipinski definition) is 5. The average molecular weight is 594 g/mol. The number of H-pyrrole nitrogens is 1. The molecule has 0 saturated heterocycles. The summed E-state index contributed by atoms with van der Waals surface area (Å²) in [6.07, 6.45) is 1.67. The lowest BCUT2D eigenvalue weighted by Crippen LogP contribution is -2.45. The third-order valence-electron chi connectivity index (χ3n) is 6.94. The van der Waals surface area contributed by atoms with Crippen LogP contribution in [0.3, 0.4) is 0 Å². The van der Waals surface area contributed by atoms with Crippen LogP contribution in [0.1, 0.15) is 17.2 Å². The number of halogens is 2. The molecule has 0 saturated carbocycles. The molecular formula is C32H25ClFN7O2. The van der Waals surface area contributed by atoms with Crippen LogP contribution in [0.5, 0.6) is 0 Å². The molecule has 2 heterocycles. The Morgan fingerprint density at radius 2 is 1.65 bits per heavy atom. The third kappa shape index (κ3) is 6.00. The second-order valence-electron chi connectivity index (χ2n) is 9.76. The molecule has 0 aliphatic rings. The van der Waals surface area contributed by atoms with E-state index in [-0.39, 0.29) is 18.1 Å². The summed E-state index contributed by atoms with van der Waals surface area (Å²) in [5.41, 5.74) is 2.75. The highest BCUT2D eigenvalue weighted by Crippen LogP contribution is 2.34. The number of carbonyl (C=O) groups excluding carboxylic acids is 2. The van der Waals surface area contributed by atoms with E-state index in [2.05, 4.69) is 25.7 Å². The number of tetrazole rings is 1. The molecule has 0 bridgehead atoms. The van der Waals surface area contributed by atoms with Crippen LogP contribution in [0.4, 0.5) is 10.1 Å². The first-order valence-corrected chi connectivity index (χ1v) is 13.8. The summed E-state index contributed by atoms with van der Waals surface area (Å²) in [5.74, 6) is -1.48. The first kappa shape index (κ1) is 27.8. The van der Waals surface area contributed by atoms with Gasteiger partial charge in [-0.2, -0.15) is 4.80 Å². The highest BCUT2D eigenvalue weighted by Gasteiger charge is 2.36. The summed E-state index contributed by atoms with van der Waals surface area (Å²) < 4.78 is 15.4. The van der Waals surface area contributed by atoms with E-state index < -0.39 is 30.2 Å². The van der Waals surface area contributed by atoms with Gasteiger partial charge in [0.1, 0.15) is 18.4 Å². The Labute approximate surface area is 250 Å². The van der Waals surface area contributed by atoms with E-state index in [9.17, 15) is 9.59 Å². The first-order valence-electron chi connectivity index (χ1n) is 13.5. The second-order valence-corrected chi connectivity index (χ2v) is 10.2. The van der Waals surface area contributed by atoms with Gasteiger partial charge in [-0.1, -0.05) is 72.3 Å². The fourth-order valence-electron chi connectivity index (χ4n) is 4.89. The summed E-state index contributed by atoms with van der Waals surface area (Å²) in [5, 5.41) is 16.7. The number of carbonyl (C=O) groups is 2. The van der Waals surface area contributed by atoms with Gasteiger partial charge in [-0.25, -0.2) is 4.39 Å². The van der Waals surface area contributed by atoms with Gasteiger partial charge in [0.05, 0.1) is 5.69 Å². The summed E-state index contributed by atoms with van der Waals surface area (Å²) in [7, 11) is 0. The zero-order valence-corrected chi connectivity index (χ0v) is 23.4. The van der Waals surface area contributed by atoms with E-state index in [4.69, 9.17) is 11.6 Å². The summed E-state index contributed by atoms with van der Waals surface area (Å²) in [6.45, 7) is -0.188. The van der Waals surface area contributed by atoms with Crippen molar-refractivity contribution in [3.63, 3.8) is 0 Å². The quantitative estimate of drug-likeness (QED) is 0.223. The molecule has 0 spiro atoms. The predicted octanol–water partition coefficient (Wildman–Crippen LogP) is 5.70. The van der Waals surface area contributed by atoms with E-state index in [1.165, 1.54) is 18.2 Å². The fraction of sp³-hybridized carbons (Fsp3) is 0.0938. The van der Waals surface area contributed by atoms with Crippen LogP contribution in [-0.4, -0.2) is 37.0 Å². The number of benzene rings is 4. The molecule has 214 valence electrons. The maximum Gasteiger partial charge on any atom is 0.251 e. The molecule has 1 atom stereocenters. The molecule has 43 heavy (non-hydrogen) atoms. The van der Waals surface area contributed by atoms with Crippen LogP contribution in [0.15, 0.2) is 109 Å². The summed E-state index contributed by atoms with van der Waals surface area (Å²) >= 11 is 5.99. The van der Waals surface area contributed by atoms with Gasteiger partial charge >= 0.3 is 0 Å². The van der Waals surface area contributed by atoms with Gasteiger partial charge < -0.3 is 10.3 Å². The number of hydrogen-bond donors (Lipinski definition) is 2. The lowest BCUT2D eigenvalue weighted by atomic mass is 10.0. The van der Waals surface area contributed by atoms with Crippen molar-refractivity contribution < 1.29 is 14.0 Å². The normalized spacial score (nSPS) is 11.8. The number of fused-ring (bicyclic) bond motifs is 1. The van der Waals surface area contributed by atoms with E-state index >= 15 is 4.39 Å². The van der Waals surface area contributed by atoms with Crippen LogP contribution in [0.25, 0.3) is 22.3 Å². The molecule has 6 aromatic rings. The molecule has 11 heteroatoms. The van der Waals surface area contributed by atoms with Gasteiger partial charge in [-0.3, -0.25) is 14.5 Å². The Morgan fingerprint density at radius 3 is 2.44 bits per heavy atom. The molecule has 2 N–H and O–H groups in total. The van der Waals surface area contributed by atoms with Crippen molar-refractivity contribution >= 4 is 40.0 Å². The van der Waals surface area contributed by atoms with Crippen LogP contribution in [-0.2, 0) is 22.7 Å². The molecular weight excluding hydrogens is 569 g/mol. The molecule has 4 aromatic carbocycles. The van der Waals surface area contributed by atoms with Gasteiger partial charge in [0.25, 0.3) is 5.91 Å². The lowest BCUT2D eigenvalue weighted by molar-refractivity contribution is -0.127. The Kier molecular flexibility index (Phi) is 7.92. The van der Waals surface area contributed by atoms with Gasteiger partial charge in [0.2, 0.25) is 11.7 Å². The monoisotopic (exact) mass is 593 g/mol. The van der Waals surface area contributed by atoms with Gasteiger partial charge in [-0.15, -0.1) is 10.2 Å². The topological polar surface area (TPSA) is 109 Å². The fourth-order valence-corrected chi connectivity index (χ4v) is 5.01. The minimum absolute atomic E-state index is 0.0596. The van der Waals surface area contributed by atoms with E-state index in [0.717, 1.165) is 26.2 Å². The van der Waals surface area contributed by atoms with E-state index in [0.29, 0.717) is 16.1 Å². The summed E-state index contributed by atoms with van der Waals surface area (Å²) in [4.78, 5) is 33.6. The Bertz CT molecular complexity index is 1890. The maximum absolute atomic E-state index is 15.4. The maximum atomic E-state index is 15.4. The average Bonchev–Trinajstić information content (AvgIpc) is 3.67. The lowest BCUT2D eigenvalue weighted by Gasteiger charge is -2.31. The number of aromatic amines is 1. The van der Waals surface area contributed by atoms with Crippen molar-refractivity contribution in [3.05, 3.63) is 131 Å². The van der Waals surface area contributed by atoms with Crippen molar-refractivity contribution in [2.24, 2.45) is 0 Å². The number of amides is 2. The van der Waals surface area contributed by atoms with Crippen molar-refractivity contribution in [2.45, 2.75) is 19.1 Å². The minimum atomic E-state index is -1.23. The number of nitrogens with zero attached hydrogens (tertiary/aromatic N) is 5. The molecule has 0 radical (unpaired) electrons. The minimum Gasteiger partial charge on any atom is -0.361 e. The van der Waals surface area contributed by atoms with Crippen molar-refractivity contribution in [1.29, 1.82) is 0 Å². The molecule has 0 aliphatic carbocycles. The largest absolute Gasteiger partial charge is 0.361 e. The number of aromatic nitrogens is 5. The van der Waals surface area contributed by atoms with Crippen LogP contribution in [0.2, 0.25) is 5.02 Å². The molecule has 0 fully saturated rings. The van der Waals surface area contributed by atoms with Gasteiger partial charge in [0.15, 0.2) is 0 Å². The van der Waals surface area contributed by atoms with Crippen molar-refractivity contribution in [2.75, 3.05) is 4.90 Å². The smallest absolute Gasteiger partial charge is 0.251 e. The second kappa shape index (κ2) is 12.3. The number of rotatable bonds is 9. The first-order chi connectivity index (χ1) is 21.0. The van der Waals surface area contributed by atoms with E-state index in [1.54, 1.807) is 36.5 Å². The van der Waals surface area contributed by atoms with E-state index in [1.807, 2.05) is 54.6 Å². The predicted molar refractivity (Wildman–Crippen MR) is 161 cm³/mol. The molecule has 9 nitrogen and oxygen atoms in total. The van der Waals surface area contributed by atoms with Crippen LogP contribution < -0.4 is 10.2 Å². The zero-order chi connectivity index (χ0) is 29.8. The Morgan fingerprint density at radius 1 is 0.930 bits per heavy atom. The standard InChI is InChI=1S/C32H25ClFN7O2/c33-23-16-14-22(15-17-23)31-37-39-40(38-31)20-29(42)41(28-13-7-5-11-26(28)34)30(25-19-35-27-12-6-4-10-24(25)27)32(43)36-18-21-8-2-1-3-9-21/h1-17,19,30,35H,18,20H2,(H,36,43)/t30-/m0/s1. The number of anilines is 1. The SMILES string of the molecule is O=C(NCc1ccccc1)[C@H](c1c[nH]c2ccccc12)N(C(=O)Cn1nnc(-c2ccc(Cl)cc2)n1)c1ccccc1F. The highest BCUT2D eigenvalue weighted by atomic mass is 35.5. The van der Waals surface area contributed by atoms with Crippen molar-refractivity contribution in [1.82, 2.24) is 30.5 Å². The van der Waals surface area contributed by atoms with Crippen LogP contribution in [0, 0.1) is 5.82 Å². The molecule has 2 aromatic heterocycles. The van der Waals surface area contributed by atoms with Crippen molar-refractivity contribution in [3.8, 4) is 11.4 Å². The van der Waals surface area contributed by atoms with Gasteiger partial charge in [0, 0.05) is 39.8 Å². The molecule has 2 amide bonds. The third-order valence-corrected chi connectivity index (χ3v) is 7.20. The van der Waals surface area contributed by atoms with Gasteiger partial charge in [-0.05, 0) is 53.2 Å². The Hall–Kier alpha value is -5.35. The Balaban J connectivity index is 1.40. The highest BCUT2D eigenvalue weighted by molar-refractivity contribution is 6.30. The number of nitrogens with one attached hydrogen (secondary N) is 2. The number of para-hydroxylation sites is 2. The molecule has 0 unspecified atom stereocenters. The zero-order valence-electron chi connectivity index (χ0n) is 22.7.